The number of urea groups is 1. The van der Waals surface area contributed by atoms with Crippen LogP contribution >= 0.6 is 11.6 Å². The van der Waals surface area contributed by atoms with Crippen LogP contribution in [0.2, 0.25) is 5.02 Å². The Balaban J connectivity index is 1.51. The molecule has 2 saturated heterocycles. The van der Waals surface area contributed by atoms with Gasteiger partial charge in [0, 0.05) is 38.4 Å². The van der Waals surface area contributed by atoms with Crippen molar-refractivity contribution in [1.82, 2.24) is 9.80 Å². The SMILES string of the molecule is N#Cc1ccc(NC(=O)N2CC[C@@H](CN3CCOCC3)C2)cc1Cl. The Hall–Kier alpha value is -1.81. The first-order chi connectivity index (χ1) is 11.7. The molecule has 2 fully saturated rings. The number of hydrogen-bond acceptors (Lipinski definition) is 4. The Labute approximate surface area is 146 Å². The van der Waals surface area contributed by atoms with Crippen LogP contribution in [-0.2, 0) is 4.74 Å². The molecule has 0 aromatic heterocycles. The highest BCUT2D eigenvalue weighted by atomic mass is 35.5. The zero-order valence-corrected chi connectivity index (χ0v) is 14.3. The first-order valence-electron chi connectivity index (χ1n) is 8.21. The van der Waals surface area contributed by atoms with Gasteiger partial charge in [0.25, 0.3) is 0 Å². The minimum Gasteiger partial charge on any atom is -0.379 e. The number of hydrogen-bond donors (Lipinski definition) is 1. The van der Waals surface area contributed by atoms with Crippen molar-refractivity contribution < 1.29 is 9.53 Å². The zero-order valence-electron chi connectivity index (χ0n) is 13.5. The average Bonchev–Trinajstić information content (AvgIpc) is 3.04. The summed E-state index contributed by atoms with van der Waals surface area (Å²) in [7, 11) is 0. The fourth-order valence-corrected chi connectivity index (χ4v) is 3.42. The maximum absolute atomic E-state index is 12.4. The van der Waals surface area contributed by atoms with E-state index in [4.69, 9.17) is 21.6 Å². The van der Waals surface area contributed by atoms with Crippen molar-refractivity contribution in [2.24, 2.45) is 5.92 Å². The van der Waals surface area contributed by atoms with Gasteiger partial charge in [-0.2, -0.15) is 5.26 Å². The van der Waals surface area contributed by atoms with Gasteiger partial charge in [0.1, 0.15) is 6.07 Å². The number of nitrogens with one attached hydrogen (secondary N) is 1. The van der Waals surface area contributed by atoms with Crippen molar-refractivity contribution in [3.63, 3.8) is 0 Å². The predicted octanol–water partition coefficient (Wildman–Crippen LogP) is 2.40. The highest BCUT2D eigenvalue weighted by Gasteiger charge is 2.28. The van der Waals surface area contributed by atoms with Crippen LogP contribution in [0.3, 0.4) is 0 Å². The van der Waals surface area contributed by atoms with Gasteiger partial charge < -0.3 is 15.0 Å². The summed E-state index contributed by atoms with van der Waals surface area (Å²) in [5.74, 6) is 0.512. The fraction of sp³-hybridized carbons (Fsp3) is 0.529. The molecular weight excluding hydrogens is 328 g/mol. The van der Waals surface area contributed by atoms with Crippen LogP contribution in [0.5, 0.6) is 0 Å². The predicted molar refractivity (Wildman–Crippen MR) is 92.1 cm³/mol. The molecule has 2 heterocycles. The molecule has 1 N–H and O–H groups in total. The number of nitrogens with zero attached hydrogens (tertiary/aromatic N) is 3. The lowest BCUT2D eigenvalue weighted by molar-refractivity contribution is 0.0314. The van der Waals surface area contributed by atoms with Crippen molar-refractivity contribution in [2.75, 3.05) is 51.3 Å². The number of ether oxygens (including phenoxy) is 1. The molecule has 1 aromatic rings. The lowest BCUT2D eigenvalue weighted by atomic mass is 10.1. The normalized spacial score (nSPS) is 21.5. The third-order valence-electron chi connectivity index (χ3n) is 4.53. The minimum absolute atomic E-state index is 0.111. The second kappa shape index (κ2) is 7.84. The maximum Gasteiger partial charge on any atom is 0.321 e. The molecule has 24 heavy (non-hydrogen) atoms. The largest absolute Gasteiger partial charge is 0.379 e. The summed E-state index contributed by atoms with van der Waals surface area (Å²) in [6.07, 6.45) is 1.03. The number of likely N-dealkylation sites (tertiary alicyclic amines) is 1. The van der Waals surface area contributed by atoms with E-state index in [-0.39, 0.29) is 6.03 Å². The number of morpholine rings is 1. The van der Waals surface area contributed by atoms with E-state index in [1.54, 1.807) is 18.2 Å². The Morgan fingerprint density at radius 2 is 2.17 bits per heavy atom. The van der Waals surface area contributed by atoms with E-state index in [2.05, 4.69) is 10.2 Å². The monoisotopic (exact) mass is 348 g/mol. The fourth-order valence-electron chi connectivity index (χ4n) is 3.20. The molecule has 2 aliphatic heterocycles. The Bertz CT molecular complexity index is 640. The summed E-state index contributed by atoms with van der Waals surface area (Å²) in [6, 6.07) is 6.82. The summed E-state index contributed by atoms with van der Waals surface area (Å²) < 4.78 is 5.37. The van der Waals surface area contributed by atoms with Crippen molar-refractivity contribution in [3.8, 4) is 6.07 Å². The average molecular weight is 349 g/mol. The van der Waals surface area contributed by atoms with E-state index in [0.29, 0.717) is 22.2 Å². The number of rotatable bonds is 3. The molecule has 0 spiro atoms. The summed E-state index contributed by atoms with van der Waals surface area (Å²) in [5.41, 5.74) is 1.02. The Morgan fingerprint density at radius 3 is 2.88 bits per heavy atom. The topological polar surface area (TPSA) is 68.6 Å². The third-order valence-corrected chi connectivity index (χ3v) is 4.85. The van der Waals surface area contributed by atoms with E-state index >= 15 is 0 Å². The Morgan fingerprint density at radius 1 is 1.38 bits per heavy atom. The van der Waals surface area contributed by atoms with Gasteiger partial charge in [-0.1, -0.05) is 11.6 Å². The van der Waals surface area contributed by atoms with Gasteiger partial charge >= 0.3 is 6.03 Å². The lowest BCUT2D eigenvalue weighted by Gasteiger charge is -2.29. The van der Waals surface area contributed by atoms with Crippen LogP contribution in [0.4, 0.5) is 10.5 Å². The number of halogens is 1. The molecular formula is C17H21ClN4O2. The number of anilines is 1. The quantitative estimate of drug-likeness (QED) is 0.910. The van der Waals surface area contributed by atoms with Crippen LogP contribution in [0.1, 0.15) is 12.0 Å². The molecule has 2 aliphatic rings. The first kappa shape index (κ1) is 17.0. The molecule has 3 rings (SSSR count). The molecule has 7 heteroatoms. The van der Waals surface area contributed by atoms with Gasteiger partial charge in [-0.25, -0.2) is 4.79 Å². The minimum atomic E-state index is -0.111. The standard InChI is InChI=1S/C17H21ClN4O2/c18-16-9-15(2-1-14(16)10-19)20-17(23)22-4-3-13(12-22)11-21-5-7-24-8-6-21/h1-2,9,13H,3-8,11-12H2,(H,20,23)/t13-/m0/s1. The Kier molecular flexibility index (Phi) is 5.56. The molecule has 0 unspecified atom stereocenters. The van der Waals surface area contributed by atoms with E-state index in [1.807, 2.05) is 11.0 Å². The van der Waals surface area contributed by atoms with E-state index in [1.165, 1.54) is 0 Å². The van der Waals surface area contributed by atoms with Gasteiger partial charge in [-0.15, -0.1) is 0 Å². The van der Waals surface area contributed by atoms with Crippen LogP contribution in [0.25, 0.3) is 0 Å². The maximum atomic E-state index is 12.4. The van der Waals surface area contributed by atoms with E-state index in [9.17, 15) is 4.79 Å². The van der Waals surface area contributed by atoms with Gasteiger partial charge in [-0.05, 0) is 30.5 Å². The van der Waals surface area contributed by atoms with Crippen molar-refractivity contribution in [3.05, 3.63) is 28.8 Å². The number of carbonyl (C=O) groups is 1. The third kappa shape index (κ3) is 4.18. The lowest BCUT2D eigenvalue weighted by Crippen LogP contribution is -2.40. The number of carbonyl (C=O) groups excluding carboxylic acids is 1. The van der Waals surface area contributed by atoms with Gasteiger partial charge in [0.15, 0.2) is 0 Å². The second-order valence-electron chi connectivity index (χ2n) is 6.25. The number of benzene rings is 1. The van der Waals surface area contributed by atoms with Crippen molar-refractivity contribution in [1.29, 1.82) is 5.26 Å². The van der Waals surface area contributed by atoms with E-state index < -0.39 is 0 Å². The summed E-state index contributed by atoms with van der Waals surface area (Å²) in [6.45, 7) is 6.12. The molecule has 1 aromatic carbocycles. The van der Waals surface area contributed by atoms with Crippen LogP contribution < -0.4 is 5.32 Å². The molecule has 0 aliphatic carbocycles. The van der Waals surface area contributed by atoms with Crippen molar-refractivity contribution >= 4 is 23.3 Å². The van der Waals surface area contributed by atoms with E-state index in [0.717, 1.165) is 52.4 Å². The van der Waals surface area contributed by atoms with Gasteiger partial charge in [0.2, 0.25) is 0 Å². The summed E-state index contributed by atoms with van der Waals surface area (Å²) in [4.78, 5) is 16.6. The molecule has 0 saturated carbocycles. The molecule has 1 atom stereocenters. The van der Waals surface area contributed by atoms with Crippen molar-refractivity contribution in [2.45, 2.75) is 6.42 Å². The van der Waals surface area contributed by atoms with Crippen LogP contribution in [-0.4, -0.2) is 61.8 Å². The number of nitriles is 1. The molecule has 0 bridgehead atoms. The summed E-state index contributed by atoms with van der Waals surface area (Å²) >= 11 is 6.00. The molecule has 128 valence electrons. The first-order valence-corrected chi connectivity index (χ1v) is 8.59. The molecule has 6 nitrogen and oxygen atoms in total. The molecule has 0 radical (unpaired) electrons. The molecule has 2 amide bonds. The highest BCUT2D eigenvalue weighted by Crippen LogP contribution is 2.22. The second-order valence-corrected chi connectivity index (χ2v) is 6.66. The summed E-state index contributed by atoms with van der Waals surface area (Å²) in [5, 5.41) is 12.1. The van der Waals surface area contributed by atoms with Gasteiger partial charge in [0.05, 0.1) is 23.8 Å². The highest BCUT2D eigenvalue weighted by molar-refractivity contribution is 6.32. The van der Waals surface area contributed by atoms with Crippen LogP contribution in [0, 0.1) is 17.2 Å². The zero-order chi connectivity index (χ0) is 16.9. The van der Waals surface area contributed by atoms with Crippen LogP contribution in [0.15, 0.2) is 18.2 Å². The van der Waals surface area contributed by atoms with Gasteiger partial charge in [-0.3, -0.25) is 4.90 Å². The smallest absolute Gasteiger partial charge is 0.321 e. The number of amides is 2.